The Bertz CT molecular complexity index is 750. The first-order valence-corrected chi connectivity index (χ1v) is 8.28. The number of halogens is 1. The molecule has 0 bridgehead atoms. The molecule has 0 saturated carbocycles. The molecular weight excluding hydrogens is 312 g/mol. The van der Waals surface area contributed by atoms with Crippen molar-refractivity contribution in [3.05, 3.63) is 46.9 Å². The summed E-state index contributed by atoms with van der Waals surface area (Å²) < 4.78 is 0. The number of aromatic nitrogens is 2. The van der Waals surface area contributed by atoms with Crippen molar-refractivity contribution in [3.8, 4) is 0 Å². The number of nitrogens with one attached hydrogen (secondary N) is 1. The molecule has 1 fully saturated rings. The number of carbonyl (C=O) groups is 1. The lowest BCUT2D eigenvalue weighted by molar-refractivity contribution is -0.117. The smallest absolute Gasteiger partial charge is 0.249 e. The van der Waals surface area contributed by atoms with Gasteiger partial charge in [0.15, 0.2) is 0 Å². The number of hydrogen-bond donors (Lipinski definition) is 1. The third-order valence-corrected chi connectivity index (χ3v) is 4.66. The number of aryl methyl sites for hydroxylation is 1. The van der Waals surface area contributed by atoms with Crippen molar-refractivity contribution in [2.45, 2.75) is 31.7 Å². The van der Waals surface area contributed by atoms with Crippen LogP contribution >= 0.6 is 11.6 Å². The molecule has 2 heterocycles. The first kappa shape index (κ1) is 14.5. The Balaban J connectivity index is 1.56. The van der Waals surface area contributed by atoms with Crippen molar-refractivity contribution >= 4 is 29.0 Å². The predicted octanol–water partition coefficient (Wildman–Crippen LogP) is 2.84. The number of amides is 1. The molecule has 6 heteroatoms. The molecule has 1 aromatic carbocycles. The van der Waals surface area contributed by atoms with E-state index in [1.807, 2.05) is 35.2 Å². The maximum absolute atomic E-state index is 12.7. The summed E-state index contributed by atoms with van der Waals surface area (Å²) in [6.07, 6.45) is 3.69. The average Bonchev–Trinajstić information content (AvgIpc) is 3.16. The van der Waals surface area contributed by atoms with Gasteiger partial charge in [0.05, 0.1) is 5.69 Å². The van der Waals surface area contributed by atoms with E-state index >= 15 is 0 Å². The first-order valence-electron chi connectivity index (χ1n) is 7.90. The van der Waals surface area contributed by atoms with Crippen LogP contribution in [0.2, 0.25) is 5.28 Å². The molecule has 1 atom stereocenters. The van der Waals surface area contributed by atoms with Crippen molar-refractivity contribution in [2.24, 2.45) is 0 Å². The zero-order valence-corrected chi connectivity index (χ0v) is 13.4. The summed E-state index contributed by atoms with van der Waals surface area (Å²) in [6, 6.07) is 9.50. The quantitative estimate of drug-likeness (QED) is 0.880. The summed E-state index contributed by atoms with van der Waals surface area (Å²) in [6.45, 7) is 0.710. The summed E-state index contributed by atoms with van der Waals surface area (Å²) >= 11 is 6.02. The lowest BCUT2D eigenvalue weighted by atomic mass is 10.2. The molecule has 23 heavy (non-hydrogen) atoms. The number of fused-ring (bicyclic) bond motifs is 1. The van der Waals surface area contributed by atoms with Crippen LogP contribution in [0.5, 0.6) is 0 Å². The number of rotatable bonds is 3. The largest absolute Gasteiger partial charge is 0.358 e. The number of nitrogens with zero attached hydrogens (tertiary/aromatic N) is 3. The molecule has 1 amide bonds. The van der Waals surface area contributed by atoms with Gasteiger partial charge in [0, 0.05) is 17.8 Å². The van der Waals surface area contributed by atoms with Crippen LogP contribution in [0.3, 0.4) is 0 Å². The van der Waals surface area contributed by atoms with Gasteiger partial charge in [0.2, 0.25) is 11.2 Å². The molecule has 1 aromatic heterocycles. The molecule has 1 unspecified atom stereocenters. The molecule has 5 nitrogen and oxygen atoms in total. The minimum atomic E-state index is -0.258. The lowest BCUT2D eigenvalue weighted by Crippen LogP contribution is -2.34. The SMILES string of the molecule is O=C1C(Nc2nc(Cl)nc3c2CCC3)CCN1c1ccccc1. The lowest BCUT2D eigenvalue weighted by Gasteiger charge is -2.18. The van der Waals surface area contributed by atoms with Gasteiger partial charge in [0.25, 0.3) is 0 Å². The van der Waals surface area contributed by atoms with Gasteiger partial charge in [-0.1, -0.05) is 18.2 Å². The highest BCUT2D eigenvalue weighted by atomic mass is 35.5. The molecule has 0 radical (unpaired) electrons. The molecule has 1 saturated heterocycles. The number of carbonyl (C=O) groups excluding carboxylic acids is 1. The highest BCUT2D eigenvalue weighted by Gasteiger charge is 2.33. The van der Waals surface area contributed by atoms with Crippen molar-refractivity contribution in [1.29, 1.82) is 0 Å². The minimum Gasteiger partial charge on any atom is -0.358 e. The topological polar surface area (TPSA) is 58.1 Å². The number of para-hydroxylation sites is 1. The zero-order chi connectivity index (χ0) is 15.8. The summed E-state index contributed by atoms with van der Waals surface area (Å²) in [7, 11) is 0. The van der Waals surface area contributed by atoms with E-state index < -0.39 is 0 Å². The Morgan fingerprint density at radius 1 is 1.17 bits per heavy atom. The van der Waals surface area contributed by atoms with Crippen LogP contribution in [0.25, 0.3) is 0 Å². The van der Waals surface area contributed by atoms with E-state index in [1.165, 1.54) is 0 Å². The molecule has 1 N–H and O–H groups in total. The van der Waals surface area contributed by atoms with Crippen LogP contribution in [-0.4, -0.2) is 28.5 Å². The Labute approximate surface area is 139 Å². The highest BCUT2D eigenvalue weighted by Crippen LogP contribution is 2.30. The van der Waals surface area contributed by atoms with Gasteiger partial charge in [-0.2, -0.15) is 0 Å². The second kappa shape index (κ2) is 5.81. The maximum atomic E-state index is 12.7. The van der Waals surface area contributed by atoms with Crippen LogP contribution in [0.15, 0.2) is 30.3 Å². The summed E-state index contributed by atoms with van der Waals surface area (Å²) in [5.74, 6) is 0.809. The third-order valence-electron chi connectivity index (χ3n) is 4.49. The van der Waals surface area contributed by atoms with Crippen molar-refractivity contribution in [3.63, 3.8) is 0 Å². The number of anilines is 2. The molecule has 2 aromatic rings. The standard InChI is InChI=1S/C17H17ClN4O/c18-17-20-13-8-4-7-12(13)15(21-17)19-14-9-10-22(16(14)23)11-5-2-1-3-6-11/h1-3,5-6,14H,4,7-10H2,(H,19,20,21). The molecule has 0 spiro atoms. The number of hydrogen-bond acceptors (Lipinski definition) is 4. The minimum absolute atomic E-state index is 0.0812. The van der Waals surface area contributed by atoms with Gasteiger partial charge >= 0.3 is 0 Å². The third kappa shape index (κ3) is 2.65. The van der Waals surface area contributed by atoms with Crippen molar-refractivity contribution in [2.75, 3.05) is 16.8 Å². The normalized spacial score (nSPS) is 20.0. The van der Waals surface area contributed by atoms with E-state index in [0.29, 0.717) is 6.54 Å². The highest BCUT2D eigenvalue weighted by molar-refractivity contribution is 6.28. The van der Waals surface area contributed by atoms with Gasteiger partial charge < -0.3 is 10.2 Å². The summed E-state index contributed by atoms with van der Waals surface area (Å²) in [5, 5.41) is 3.55. The van der Waals surface area contributed by atoms with Crippen LogP contribution in [0.1, 0.15) is 24.1 Å². The van der Waals surface area contributed by atoms with Gasteiger partial charge in [0.1, 0.15) is 11.9 Å². The Kier molecular flexibility index (Phi) is 3.65. The average molecular weight is 329 g/mol. The summed E-state index contributed by atoms with van der Waals surface area (Å²) in [5.41, 5.74) is 3.06. The fraction of sp³-hybridized carbons (Fsp3) is 0.353. The van der Waals surface area contributed by atoms with Gasteiger partial charge in [-0.15, -0.1) is 0 Å². The van der Waals surface area contributed by atoms with Crippen LogP contribution in [0.4, 0.5) is 11.5 Å². The van der Waals surface area contributed by atoms with E-state index in [2.05, 4.69) is 15.3 Å². The molecule has 1 aliphatic heterocycles. The molecule has 2 aliphatic rings. The van der Waals surface area contributed by atoms with Crippen LogP contribution < -0.4 is 10.2 Å². The second-order valence-corrected chi connectivity index (χ2v) is 6.27. The van der Waals surface area contributed by atoms with Crippen molar-refractivity contribution in [1.82, 2.24) is 9.97 Å². The fourth-order valence-corrected chi connectivity index (χ4v) is 3.55. The second-order valence-electron chi connectivity index (χ2n) is 5.93. The van der Waals surface area contributed by atoms with Gasteiger partial charge in [-0.05, 0) is 49.4 Å². The van der Waals surface area contributed by atoms with Crippen LogP contribution in [-0.2, 0) is 17.6 Å². The van der Waals surface area contributed by atoms with Gasteiger partial charge in [-0.3, -0.25) is 4.79 Å². The summed E-state index contributed by atoms with van der Waals surface area (Å²) in [4.78, 5) is 23.1. The fourth-order valence-electron chi connectivity index (χ4n) is 3.36. The Hall–Kier alpha value is -2.14. The van der Waals surface area contributed by atoms with E-state index in [4.69, 9.17) is 11.6 Å². The predicted molar refractivity (Wildman–Crippen MR) is 89.9 cm³/mol. The number of benzene rings is 1. The molecular formula is C17H17ClN4O. The zero-order valence-electron chi connectivity index (χ0n) is 12.6. The van der Waals surface area contributed by atoms with E-state index in [-0.39, 0.29) is 17.2 Å². The van der Waals surface area contributed by atoms with Crippen LogP contribution in [0, 0.1) is 0 Å². The van der Waals surface area contributed by atoms with E-state index in [0.717, 1.165) is 48.4 Å². The van der Waals surface area contributed by atoms with Gasteiger partial charge in [-0.25, -0.2) is 9.97 Å². The molecule has 118 valence electrons. The first-order chi connectivity index (χ1) is 11.2. The van der Waals surface area contributed by atoms with E-state index in [1.54, 1.807) is 0 Å². The Morgan fingerprint density at radius 2 is 2.00 bits per heavy atom. The van der Waals surface area contributed by atoms with E-state index in [9.17, 15) is 4.79 Å². The molecule has 1 aliphatic carbocycles. The van der Waals surface area contributed by atoms with Crippen molar-refractivity contribution < 1.29 is 4.79 Å². The maximum Gasteiger partial charge on any atom is 0.249 e. The monoisotopic (exact) mass is 328 g/mol. The molecule has 4 rings (SSSR count). The Morgan fingerprint density at radius 3 is 2.83 bits per heavy atom.